The fourth-order valence-corrected chi connectivity index (χ4v) is 3.32. The predicted molar refractivity (Wildman–Crippen MR) is 96.2 cm³/mol. The summed E-state index contributed by atoms with van der Waals surface area (Å²) in [6, 6.07) is 2.01. The summed E-state index contributed by atoms with van der Waals surface area (Å²) in [6.07, 6.45) is 8.92. The summed E-state index contributed by atoms with van der Waals surface area (Å²) in [4.78, 5) is 21.3. The molecule has 0 radical (unpaired) electrons. The number of hydrogen-bond acceptors (Lipinski definition) is 3. The molecule has 7 heteroatoms. The summed E-state index contributed by atoms with van der Waals surface area (Å²) in [5, 5.41) is 3.00. The lowest BCUT2D eigenvalue weighted by molar-refractivity contribution is 0.0946. The van der Waals surface area contributed by atoms with Crippen LogP contribution < -0.4 is 5.32 Å². The number of carbonyl (C=O) groups excluding carboxylic acids is 1. The van der Waals surface area contributed by atoms with Gasteiger partial charge in [0, 0.05) is 36.2 Å². The fraction of sp³-hybridized carbons (Fsp3) is 0.353. The van der Waals surface area contributed by atoms with Gasteiger partial charge < -0.3 is 9.88 Å². The Morgan fingerprint density at radius 3 is 2.96 bits per heavy atom. The van der Waals surface area contributed by atoms with E-state index in [1.165, 1.54) is 0 Å². The van der Waals surface area contributed by atoms with E-state index in [-0.39, 0.29) is 5.91 Å². The van der Waals surface area contributed by atoms with Crippen LogP contribution in [0.5, 0.6) is 0 Å². The quantitative estimate of drug-likeness (QED) is 0.659. The van der Waals surface area contributed by atoms with Gasteiger partial charge in [0.1, 0.15) is 11.3 Å². The summed E-state index contributed by atoms with van der Waals surface area (Å²) < 4.78 is 4.81. The van der Waals surface area contributed by atoms with E-state index in [0.29, 0.717) is 12.2 Å². The monoisotopic (exact) mass is 389 g/mol. The lowest BCUT2D eigenvalue weighted by atomic mass is 10.2. The van der Waals surface area contributed by atoms with Crippen LogP contribution in [0.4, 0.5) is 0 Å². The molecule has 3 aromatic rings. The number of carbonyl (C=O) groups is 1. The van der Waals surface area contributed by atoms with Crippen molar-refractivity contribution in [2.24, 2.45) is 0 Å². The molecule has 126 valence electrons. The molecule has 0 saturated carbocycles. The third kappa shape index (κ3) is 3.36. The standard InChI is InChI=1S/C17H20BrN5O/c1-3-14-15(23-10-13(18)9-12(2)16(23)21-14)17(24)20-5-4-7-22-8-6-19-11-22/h6,8-11H,3-5,7H2,1-2H3,(H,20,24). The minimum atomic E-state index is -0.0810. The van der Waals surface area contributed by atoms with Gasteiger partial charge in [-0.2, -0.15) is 0 Å². The molecular weight excluding hydrogens is 370 g/mol. The highest BCUT2D eigenvalue weighted by atomic mass is 79.9. The molecule has 0 saturated heterocycles. The van der Waals surface area contributed by atoms with Crippen molar-refractivity contribution in [1.82, 2.24) is 24.3 Å². The molecule has 0 spiro atoms. The number of pyridine rings is 1. The molecule has 6 nitrogen and oxygen atoms in total. The molecule has 1 N–H and O–H groups in total. The molecule has 0 bridgehead atoms. The second kappa shape index (κ2) is 7.17. The maximum atomic E-state index is 12.7. The maximum Gasteiger partial charge on any atom is 0.270 e. The lowest BCUT2D eigenvalue weighted by Crippen LogP contribution is -2.27. The summed E-state index contributed by atoms with van der Waals surface area (Å²) >= 11 is 3.49. The molecule has 0 atom stereocenters. The zero-order valence-corrected chi connectivity index (χ0v) is 15.4. The summed E-state index contributed by atoms with van der Waals surface area (Å²) in [7, 11) is 0. The summed E-state index contributed by atoms with van der Waals surface area (Å²) in [6.45, 7) is 5.46. The topological polar surface area (TPSA) is 64.2 Å². The highest BCUT2D eigenvalue weighted by Gasteiger charge is 2.19. The van der Waals surface area contributed by atoms with E-state index in [9.17, 15) is 4.79 Å². The molecule has 0 aliphatic carbocycles. The van der Waals surface area contributed by atoms with Crippen LogP contribution in [0.3, 0.4) is 0 Å². The van der Waals surface area contributed by atoms with Gasteiger partial charge in [-0.3, -0.25) is 9.20 Å². The summed E-state index contributed by atoms with van der Waals surface area (Å²) in [5.41, 5.74) is 3.32. The third-order valence-electron chi connectivity index (χ3n) is 3.93. The smallest absolute Gasteiger partial charge is 0.270 e. The molecular formula is C17H20BrN5O. The lowest BCUT2D eigenvalue weighted by Gasteiger charge is -2.08. The molecule has 24 heavy (non-hydrogen) atoms. The van der Waals surface area contributed by atoms with E-state index in [2.05, 4.69) is 31.2 Å². The number of nitrogens with one attached hydrogen (secondary N) is 1. The van der Waals surface area contributed by atoms with Gasteiger partial charge in [-0.1, -0.05) is 6.92 Å². The number of fused-ring (bicyclic) bond motifs is 1. The third-order valence-corrected chi connectivity index (χ3v) is 4.36. The van der Waals surface area contributed by atoms with Gasteiger partial charge in [0.15, 0.2) is 0 Å². The first-order valence-electron chi connectivity index (χ1n) is 8.01. The largest absolute Gasteiger partial charge is 0.351 e. The van der Waals surface area contributed by atoms with Crippen molar-refractivity contribution in [3.63, 3.8) is 0 Å². The van der Waals surface area contributed by atoms with Crippen LogP contribution >= 0.6 is 15.9 Å². The highest BCUT2D eigenvalue weighted by molar-refractivity contribution is 9.10. The maximum absolute atomic E-state index is 12.7. The number of aromatic nitrogens is 4. The molecule has 1 amide bonds. The highest BCUT2D eigenvalue weighted by Crippen LogP contribution is 2.21. The Morgan fingerprint density at radius 2 is 2.25 bits per heavy atom. The fourth-order valence-electron chi connectivity index (χ4n) is 2.77. The average Bonchev–Trinajstić information content (AvgIpc) is 3.18. The van der Waals surface area contributed by atoms with Gasteiger partial charge in [-0.25, -0.2) is 9.97 Å². The number of aryl methyl sites for hydroxylation is 3. The van der Waals surface area contributed by atoms with Crippen molar-refractivity contribution in [2.45, 2.75) is 33.2 Å². The van der Waals surface area contributed by atoms with E-state index in [1.807, 2.05) is 41.3 Å². The molecule has 0 aromatic carbocycles. The van der Waals surface area contributed by atoms with Crippen molar-refractivity contribution in [1.29, 1.82) is 0 Å². The Hall–Kier alpha value is -2.15. The van der Waals surface area contributed by atoms with Crippen LogP contribution in [0.2, 0.25) is 0 Å². The SMILES string of the molecule is CCc1nc2c(C)cc(Br)cn2c1C(=O)NCCCn1ccnc1. The Bertz CT molecular complexity index is 854. The molecule has 0 unspecified atom stereocenters. The Morgan fingerprint density at radius 1 is 1.42 bits per heavy atom. The second-order valence-corrected chi connectivity index (χ2v) is 6.62. The Kier molecular flexibility index (Phi) is 4.99. The molecule has 3 rings (SSSR count). The van der Waals surface area contributed by atoms with Gasteiger partial charge >= 0.3 is 0 Å². The van der Waals surface area contributed by atoms with Crippen molar-refractivity contribution >= 4 is 27.5 Å². The number of imidazole rings is 2. The van der Waals surface area contributed by atoms with E-state index >= 15 is 0 Å². The zero-order chi connectivity index (χ0) is 17.1. The van der Waals surface area contributed by atoms with Crippen LogP contribution in [0.1, 0.15) is 35.1 Å². The molecule has 3 aromatic heterocycles. The van der Waals surface area contributed by atoms with Crippen LogP contribution in [0.15, 0.2) is 35.5 Å². The van der Waals surface area contributed by atoms with E-state index in [1.54, 1.807) is 12.5 Å². The van der Waals surface area contributed by atoms with Gasteiger partial charge in [-0.15, -0.1) is 0 Å². The van der Waals surface area contributed by atoms with E-state index < -0.39 is 0 Å². The minimum absolute atomic E-state index is 0.0810. The van der Waals surface area contributed by atoms with Crippen molar-refractivity contribution < 1.29 is 4.79 Å². The normalized spacial score (nSPS) is 11.1. The molecule has 3 heterocycles. The number of nitrogens with zero attached hydrogens (tertiary/aromatic N) is 4. The van der Waals surface area contributed by atoms with Gasteiger partial charge in [0.25, 0.3) is 5.91 Å². The first-order valence-corrected chi connectivity index (χ1v) is 8.80. The van der Waals surface area contributed by atoms with Crippen LogP contribution in [-0.4, -0.2) is 31.4 Å². The Balaban J connectivity index is 1.76. The first-order chi connectivity index (χ1) is 11.6. The number of rotatable bonds is 6. The zero-order valence-electron chi connectivity index (χ0n) is 13.8. The van der Waals surface area contributed by atoms with Crippen LogP contribution in [0, 0.1) is 6.92 Å². The number of amides is 1. The first kappa shape index (κ1) is 16.7. The average molecular weight is 390 g/mol. The van der Waals surface area contributed by atoms with Crippen molar-refractivity contribution in [2.75, 3.05) is 6.54 Å². The van der Waals surface area contributed by atoms with Crippen molar-refractivity contribution in [3.05, 3.63) is 52.4 Å². The van der Waals surface area contributed by atoms with Crippen LogP contribution in [-0.2, 0) is 13.0 Å². The van der Waals surface area contributed by atoms with Gasteiger partial charge in [0.2, 0.25) is 0 Å². The van der Waals surface area contributed by atoms with Crippen LogP contribution in [0.25, 0.3) is 5.65 Å². The molecule has 0 fully saturated rings. The van der Waals surface area contributed by atoms with Gasteiger partial charge in [0.05, 0.1) is 12.0 Å². The van der Waals surface area contributed by atoms with Crippen molar-refractivity contribution in [3.8, 4) is 0 Å². The summed E-state index contributed by atoms with van der Waals surface area (Å²) in [5.74, 6) is -0.0810. The minimum Gasteiger partial charge on any atom is -0.351 e. The van der Waals surface area contributed by atoms with E-state index in [4.69, 9.17) is 0 Å². The Labute approximate surface area is 149 Å². The number of hydrogen-bond donors (Lipinski definition) is 1. The predicted octanol–water partition coefficient (Wildman–Crippen LogP) is 2.98. The molecule has 0 aliphatic heterocycles. The number of halogens is 1. The van der Waals surface area contributed by atoms with E-state index in [0.717, 1.165) is 40.8 Å². The second-order valence-electron chi connectivity index (χ2n) is 5.71. The van der Waals surface area contributed by atoms with Gasteiger partial charge in [-0.05, 0) is 47.3 Å². The molecule has 0 aliphatic rings.